The number of carbonyl (C=O) groups excluding carboxylic acids is 1. The maximum atomic E-state index is 14.3. The van der Waals surface area contributed by atoms with E-state index in [4.69, 9.17) is 9.84 Å². The molecule has 24 heavy (non-hydrogen) atoms. The Kier molecular flexibility index (Phi) is 5.88. The van der Waals surface area contributed by atoms with E-state index in [0.29, 0.717) is 32.5 Å². The zero-order chi connectivity index (χ0) is 17.7. The highest BCUT2D eigenvalue weighted by Crippen LogP contribution is 2.38. The van der Waals surface area contributed by atoms with Crippen molar-refractivity contribution >= 4 is 11.9 Å². The molecule has 1 saturated heterocycles. The van der Waals surface area contributed by atoms with Crippen molar-refractivity contribution in [3.05, 3.63) is 35.4 Å². The molecule has 2 rings (SSSR count). The lowest BCUT2D eigenvalue weighted by atomic mass is 9.72. The fourth-order valence-electron chi connectivity index (χ4n) is 3.13. The van der Waals surface area contributed by atoms with Crippen molar-refractivity contribution in [2.75, 3.05) is 26.8 Å². The van der Waals surface area contributed by atoms with Crippen molar-refractivity contribution in [3.63, 3.8) is 0 Å². The van der Waals surface area contributed by atoms with Gasteiger partial charge in [-0.15, -0.1) is 0 Å². The lowest BCUT2D eigenvalue weighted by Crippen LogP contribution is -2.49. The van der Waals surface area contributed by atoms with Crippen LogP contribution in [0.25, 0.3) is 0 Å². The number of halogens is 2. The van der Waals surface area contributed by atoms with E-state index in [0.717, 1.165) is 12.1 Å². The molecule has 0 aliphatic carbocycles. The number of benzene rings is 1. The van der Waals surface area contributed by atoms with Crippen LogP contribution in [0.5, 0.6) is 0 Å². The summed E-state index contributed by atoms with van der Waals surface area (Å²) in [6.45, 7) is 0.883. The molecular formula is C17H21F2NO4. The highest BCUT2D eigenvalue weighted by Gasteiger charge is 2.44. The van der Waals surface area contributed by atoms with E-state index in [2.05, 4.69) is 0 Å². The van der Waals surface area contributed by atoms with Crippen molar-refractivity contribution in [1.29, 1.82) is 0 Å². The average molecular weight is 341 g/mol. The first-order valence-electron chi connectivity index (χ1n) is 7.87. The second-order valence-electron chi connectivity index (χ2n) is 6.04. The van der Waals surface area contributed by atoms with Crippen molar-refractivity contribution in [2.45, 2.75) is 31.1 Å². The number of likely N-dealkylation sites (N-methyl/N-ethyl adjacent to an activating group) is 1. The van der Waals surface area contributed by atoms with Gasteiger partial charge >= 0.3 is 5.97 Å². The van der Waals surface area contributed by atoms with Gasteiger partial charge in [-0.05, 0) is 25.3 Å². The summed E-state index contributed by atoms with van der Waals surface area (Å²) < 4.78 is 32.9. The molecule has 132 valence electrons. The quantitative estimate of drug-likeness (QED) is 0.862. The fourth-order valence-corrected chi connectivity index (χ4v) is 3.13. The summed E-state index contributed by atoms with van der Waals surface area (Å²) >= 11 is 0. The Balaban J connectivity index is 2.26. The summed E-state index contributed by atoms with van der Waals surface area (Å²) in [6, 6.07) is 3.25. The van der Waals surface area contributed by atoms with Crippen molar-refractivity contribution < 1.29 is 28.2 Å². The second-order valence-corrected chi connectivity index (χ2v) is 6.04. The Bertz CT molecular complexity index is 615. The number of aliphatic carboxylic acids is 1. The minimum Gasteiger partial charge on any atom is -0.481 e. The van der Waals surface area contributed by atoms with Crippen LogP contribution in [-0.2, 0) is 19.7 Å². The zero-order valence-electron chi connectivity index (χ0n) is 13.6. The van der Waals surface area contributed by atoms with Gasteiger partial charge in [-0.3, -0.25) is 9.59 Å². The molecule has 1 N–H and O–H groups in total. The molecule has 1 amide bonds. The number of hydrogen-bond acceptors (Lipinski definition) is 3. The minimum atomic E-state index is -1.10. The molecule has 1 fully saturated rings. The van der Waals surface area contributed by atoms with Crippen LogP contribution in [0.2, 0.25) is 0 Å². The van der Waals surface area contributed by atoms with Crippen LogP contribution in [0.4, 0.5) is 8.78 Å². The van der Waals surface area contributed by atoms with Crippen LogP contribution in [0.1, 0.15) is 31.2 Å². The van der Waals surface area contributed by atoms with Crippen molar-refractivity contribution in [3.8, 4) is 0 Å². The van der Waals surface area contributed by atoms with Crippen LogP contribution >= 0.6 is 0 Å². The van der Waals surface area contributed by atoms with E-state index in [1.54, 1.807) is 7.05 Å². The number of amides is 1. The first-order chi connectivity index (χ1) is 11.4. The van der Waals surface area contributed by atoms with Crippen LogP contribution in [0.3, 0.4) is 0 Å². The maximum absolute atomic E-state index is 14.3. The van der Waals surface area contributed by atoms with Crippen LogP contribution in [0.15, 0.2) is 18.2 Å². The number of ether oxygens (including phenoxy) is 1. The third-order valence-electron chi connectivity index (χ3n) is 4.43. The molecule has 1 aliphatic heterocycles. The maximum Gasteiger partial charge on any atom is 0.303 e. The molecule has 0 unspecified atom stereocenters. The molecule has 5 nitrogen and oxygen atoms in total. The molecular weight excluding hydrogens is 320 g/mol. The predicted octanol–water partition coefficient (Wildman–Crippen LogP) is 2.34. The molecule has 1 aromatic rings. The van der Waals surface area contributed by atoms with Crippen LogP contribution < -0.4 is 0 Å². The molecule has 0 spiro atoms. The Morgan fingerprint density at radius 1 is 1.29 bits per heavy atom. The van der Waals surface area contributed by atoms with Gasteiger partial charge in [0.05, 0.1) is 5.41 Å². The number of carbonyl (C=O) groups is 2. The lowest BCUT2D eigenvalue weighted by Gasteiger charge is -2.39. The predicted molar refractivity (Wildman–Crippen MR) is 82.6 cm³/mol. The molecule has 0 aromatic heterocycles. The monoisotopic (exact) mass is 341 g/mol. The Hall–Kier alpha value is -2.02. The first kappa shape index (κ1) is 18.3. The highest BCUT2D eigenvalue weighted by molar-refractivity contribution is 5.88. The summed E-state index contributed by atoms with van der Waals surface area (Å²) in [7, 11) is 1.57. The Morgan fingerprint density at radius 3 is 2.54 bits per heavy atom. The smallest absolute Gasteiger partial charge is 0.303 e. The number of hydrogen-bond donors (Lipinski definition) is 1. The van der Waals surface area contributed by atoms with Gasteiger partial charge in [0.25, 0.3) is 0 Å². The largest absolute Gasteiger partial charge is 0.481 e. The lowest BCUT2D eigenvalue weighted by molar-refractivity contribution is -0.141. The van der Waals surface area contributed by atoms with Gasteiger partial charge in [-0.1, -0.05) is 6.07 Å². The van der Waals surface area contributed by atoms with Gasteiger partial charge in [0.2, 0.25) is 5.91 Å². The summed E-state index contributed by atoms with van der Waals surface area (Å²) in [5.41, 5.74) is -0.934. The normalized spacial score (nSPS) is 16.6. The molecule has 1 aliphatic rings. The average Bonchev–Trinajstić information content (AvgIpc) is 2.54. The summed E-state index contributed by atoms with van der Waals surface area (Å²) in [5.74, 6) is -2.66. The third kappa shape index (κ3) is 3.90. The first-order valence-corrected chi connectivity index (χ1v) is 7.87. The van der Waals surface area contributed by atoms with E-state index in [-0.39, 0.29) is 24.4 Å². The second kappa shape index (κ2) is 7.70. The molecule has 1 heterocycles. The number of carboxylic acid groups (broad SMARTS) is 1. The van der Waals surface area contributed by atoms with Gasteiger partial charge in [-0.2, -0.15) is 0 Å². The van der Waals surface area contributed by atoms with E-state index >= 15 is 0 Å². The minimum absolute atomic E-state index is 0.0430. The van der Waals surface area contributed by atoms with Gasteiger partial charge in [0, 0.05) is 44.9 Å². The Labute approximate surface area is 139 Å². The molecule has 0 bridgehead atoms. The zero-order valence-corrected chi connectivity index (χ0v) is 13.6. The van der Waals surface area contributed by atoms with E-state index in [9.17, 15) is 18.4 Å². The standard InChI is InChI=1S/C17H21F2NO4/c1-20(8-2-3-15(21)22)16(23)17(6-9-24-10-7-17)13-5-4-12(18)11-14(13)19/h4-5,11H,2-3,6-10H2,1H3,(H,21,22). The van der Waals surface area contributed by atoms with E-state index < -0.39 is 23.0 Å². The molecule has 1 aromatic carbocycles. The summed E-state index contributed by atoms with van der Waals surface area (Å²) in [5, 5.41) is 8.70. The molecule has 0 saturated carbocycles. The number of carboxylic acids is 1. The third-order valence-corrected chi connectivity index (χ3v) is 4.43. The van der Waals surface area contributed by atoms with Gasteiger partial charge in [0.15, 0.2) is 0 Å². The summed E-state index contributed by atoms with van der Waals surface area (Å²) in [6.07, 6.45) is 0.879. The fraction of sp³-hybridized carbons (Fsp3) is 0.529. The van der Waals surface area contributed by atoms with Crippen LogP contribution in [-0.4, -0.2) is 48.7 Å². The van der Waals surface area contributed by atoms with E-state index in [1.165, 1.54) is 11.0 Å². The molecule has 0 radical (unpaired) electrons. The van der Waals surface area contributed by atoms with Crippen LogP contribution in [0, 0.1) is 11.6 Å². The number of nitrogens with zero attached hydrogens (tertiary/aromatic N) is 1. The van der Waals surface area contributed by atoms with Gasteiger partial charge in [-0.25, -0.2) is 8.78 Å². The molecule has 7 heteroatoms. The Morgan fingerprint density at radius 2 is 1.96 bits per heavy atom. The summed E-state index contributed by atoms with van der Waals surface area (Å²) in [4.78, 5) is 25.0. The molecule has 0 atom stereocenters. The van der Waals surface area contributed by atoms with Gasteiger partial charge < -0.3 is 14.7 Å². The SMILES string of the molecule is CN(CCCC(=O)O)C(=O)C1(c2ccc(F)cc2F)CCOCC1. The number of rotatable bonds is 6. The van der Waals surface area contributed by atoms with Gasteiger partial charge in [0.1, 0.15) is 11.6 Å². The highest BCUT2D eigenvalue weighted by atomic mass is 19.1. The van der Waals surface area contributed by atoms with Crippen molar-refractivity contribution in [2.24, 2.45) is 0 Å². The van der Waals surface area contributed by atoms with E-state index in [1.807, 2.05) is 0 Å². The topological polar surface area (TPSA) is 66.8 Å². The van der Waals surface area contributed by atoms with Crippen molar-refractivity contribution in [1.82, 2.24) is 4.90 Å².